The number of amides is 2. The Morgan fingerprint density at radius 3 is 2.11 bits per heavy atom. The largest absolute Gasteiger partial charge is 0.453 e. The molecule has 0 unspecified atom stereocenters. The van der Waals surface area contributed by atoms with E-state index >= 15 is 0 Å². The van der Waals surface area contributed by atoms with Gasteiger partial charge in [0.15, 0.2) is 0 Å². The standard InChI is InChI=1S/C13H18N2O3/c1-10(2)11(14-13(17)18-3)12(16)15-8-6-4-5-7-9-15/h4-11H,1-3H3,(H,14,17)/t11-/m0/s1. The molecule has 0 aromatic carbocycles. The summed E-state index contributed by atoms with van der Waals surface area (Å²) >= 11 is 0. The van der Waals surface area contributed by atoms with E-state index in [1.165, 1.54) is 12.0 Å². The molecule has 1 rings (SSSR count). The van der Waals surface area contributed by atoms with Crippen molar-refractivity contribution in [2.45, 2.75) is 19.9 Å². The fraction of sp³-hybridized carbons (Fsp3) is 0.385. The van der Waals surface area contributed by atoms with E-state index in [-0.39, 0.29) is 11.8 Å². The van der Waals surface area contributed by atoms with Gasteiger partial charge >= 0.3 is 6.09 Å². The van der Waals surface area contributed by atoms with E-state index in [0.717, 1.165) is 0 Å². The zero-order chi connectivity index (χ0) is 13.5. The van der Waals surface area contributed by atoms with Crippen LogP contribution in [0.1, 0.15) is 13.8 Å². The van der Waals surface area contributed by atoms with Crippen molar-refractivity contribution in [3.05, 3.63) is 36.7 Å². The van der Waals surface area contributed by atoms with Crippen LogP contribution in [0.4, 0.5) is 4.79 Å². The van der Waals surface area contributed by atoms with Crippen LogP contribution in [0, 0.1) is 5.92 Å². The quantitative estimate of drug-likeness (QED) is 0.830. The lowest BCUT2D eigenvalue weighted by atomic mass is 10.0. The molecule has 1 atom stereocenters. The molecule has 0 radical (unpaired) electrons. The molecule has 98 valence electrons. The van der Waals surface area contributed by atoms with Crippen LogP contribution in [0.2, 0.25) is 0 Å². The first-order valence-corrected chi connectivity index (χ1v) is 5.74. The number of carbonyl (C=O) groups excluding carboxylic acids is 2. The lowest BCUT2D eigenvalue weighted by molar-refractivity contribution is -0.129. The van der Waals surface area contributed by atoms with Crippen LogP contribution in [0.15, 0.2) is 36.7 Å². The molecule has 0 aromatic rings. The van der Waals surface area contributed by atoms with Crippen LogP contribution in [-0.4, -0.2) is 30.1 Å². The highest BCUT2D eigenvalue weighted by atomic mass is 16.5. The highest BCUT2D eigenvalue weighted by molar-refractivity contribution is 5.87. The number of hydrogen-bond donors (Lipinski definition) is 1. The molecule has 5 heteroatoms. The van der Waals surface area contributed by atoms with Gasteiger partial charge in [-0.25, -0.2) is 4.79 Å². The topological polar surface area (TPSA) is 58.6 Å². The van der Waals surface area contributed by atoms with Crippen LogP contribution in [0.5, 0.6) is 0 Å². The summed E-state index contributed by atoms with van der Waals surface area (Å²) in [7, 11) is 1.27. The number of hydrogen-bond acceptors (Lipinski definition) is 3. The summed E-state index contributed by atoms with van der Waals surface area (Å²) in [6, 6.07) is -0.621. The van der Waals surface area contributed by atoms with Crippen molar-refractivity contribution < 1.29 is 14.3 Å². The number of allylic oxidation sites excluding steroid dienone is 4. The Kier molecular flexibility index (Phi) is 5.17. The monoisotopic (exact) mass is 250 g/mol. The van der Waals surface area contributed by atoms with Gasteiger partial charge in [-0.1, -0.05) is 26.0 Å². The average Bonchev–Trinajstić information content (AvgIpc) is 2.63. The summed E-state index contributed by atoms with van der Waals surface area (Å²) in [5, 5.41) is 2.54. The third-order valence-electron chi connectivity index (χ3n) is 2.47. The van der Waals surface area contributed by atoms with Gasteiger partial charge in [-0.2, -0.15) is 0 Å². The van der Waals surface area contributed by atoms with Crippen LogP contribution in [0.3, 0.4) is 0 Å². The minimum Gasteiger partial charge on any atom is -0.453 e. The number of nitrogens with one attached hydrogen (secondary N) is 1. The first kappa shape index (κ1) is 14.0. The zero-order valence-corrected chi connectivity index (χ0v) is 10.8. The molecule has 0 aliphatic carbocycles. The summed E-state index contributed by atoms with van der Waals surface area (Å²) < 4.78 is 4.52. The SMILES string of the molecule is COC(=O)N[C@H](C(=O)N1C=CC=CC=C1)C(C)C. The Morgan fingerprint density at radius 1 is 1.11 bits per heavy atom. The molecule has 1 aliphatic rings. The van der Waals surface area contributed by atoms with Gasteiger partial charge in [-0.05, 0) is 18.1 Å². The lowest BCUT2D eigenvalue weighted by Crippen LogP contribution is -2.48. The van der Waals surface area contributed by atoms with E-state index in [9.17, 15) is 9.59 Å². The molecular formula is C13H18N2O3. The fourth-order valence-electron chi connectivity index (χ4n) is 1.47. The third kappa shape index (κ3) is 3.76. The van der Waals surface area contributed by atoms with Crippen LogP contribution in [-0.2, 0) is 9.53 Å². The minimum absolute atomic E-state index is 0.0328. The molecule has 0 aromatic heterocycles. The van der Waals surface area contributed by atoms with Gasteiger partial charge in [-0.3, -0.25) is 9.69 Å². The van der Waals surface area contributed by atoms with Gasteiger partial charge in [-0.15, -0.1) is 0 Å². The van der Waals surface area contributed by atoms with Gasteiger partial charge in [0, 0.05) is 12.4 Å². The van der Waals surface area contributed by atoms with E-state index in [1.807, 2.05) is 26.0 Å². The Hall–Kier alpha value is -2.04. The second-order valence-corrected chi connectivity index (χ2v) is 4.17. The third-order valence-corrected chi connectivity index (χ3v) is 2.47. The zero-order valence-electron chi connectivity index (χ0n) is 10.8. The van der Waals surface area contributed by atoms with E-state index in [0.29, 0.717) is 0 Å². The van der Waals surface area contributed by atoms with Crippen molar-refractivity contribution in [1.82, 2.24) is 10.2 Å². The smallest absolute Gasteiger partial charge is 0.407 e. The first-order chi connectivity index (χ1) is 8.56. The summed E-state index contributed by atoms with van der Waals surface area (Å²) in [5.74, 6) is -0.235. The molecule has 18 heavy (non-hydrogen) atoms. The van der Waals surface area contributed by atoms with Gasteiger partial charge in [0.2, 0.25) is 0 Å². The predicted octanol–water partition coefficient (Wildman–Crippen LogP) is 1.79. The molecule has 1 heterocycles. The van der Waals surface area contributed by atoms with Crippen molar-refractivity contribution >= 4 is 12.0 Å². The Morgan fingerprint density at radius 2 is 1.67 bits per heavy atom. The molecule has 5 nitrogen and oxygen atoms in total. The van der Waals surface area contributed by atoms with Crippen LogP contribution < -0.4 is 5.32 Å². The maximum absolute atomic E-state index is 12.3. The Bertz CT molecular complexity index is 381. The van der Waals surface area contributed by atoms with E-state index in [2.05, 4.69) is 10.1 Å². The number of nitrogens with zero attached hydrogens (tertiary/aromatic N) is 1. The predicted molar refractivity (Wildman–Crippen MR) is 68.4 cm³/mol. The molecule has 0 saturated carbocycles. The Balaban J connectivity index is 2.79. The highest BCUT2D eigenvalue weighted by Crippen LogP contribution is 2.09. The molecule has 0 spiro atoms. The molecule has 0 fully saturated rings. The first-order valence-electron chi connectivity index (χ1n) is 5.74. The summed E-state index contributed by atoms with van der Waals surface area (Å²) in [4.78, 5) is 24.9. The van der Waals surface area contributed by atoms with Gasteiger partial charge in [0.25, 0.3) is 5.91 Å². The molecule has 1 aliphatic heterocycles. The van der Waals surface area contributed by atoms with Crippen LogP contribution >= 0.6 is 0 Å². The number of alkyl carbamates (subject to hydrolysis) is 1. The minimum atomic E-state index is -0.621. The molecule has 0 bridgehead atoms. The van der Waals surface area contributed by atoms with Crippen molar-refractivity contribution in [2.24, 2.45) is 5.92 Å². The normalized spacial score (nSPS) is 15.4. The van der Waals surface area contributed by atoms with E-state index in [4.69, 9.17) is 0 Å². The van der Waals surface area contributed by atoms with Crippen molar-refractivity contribution in [1.29, 1.82) is 0 Å². The summed E-state index contributed by atoms with van der Waals surface area (Å²) in [6.07, 6.45) is 9.85. The lowest BCUT2D eigenvalue weighted by Gasteiger charge is -2.24. The number of ether oxygens (including phenoxy) is 1. The number of rotatable bonds is 3. The van der Waals surface area contributed by atoms with Crippen molar-refractivity contribution in [3.63, 3.8) is 0 Å². The number of carbonyl (C=O) groups is 2. The average molecular weight is 250 g/mol. The Labute approximate surface area is 107 Å². The van der Waals surface area contributed by atoms with Crippen molar-refractivity contribution in [3.8, 4) is 0 Å². The van der Waals surface area contributed by atoms with Gasteiger partial charge < -0.3 is 10.1 Å². The van der Waals surface area contributed by atoms with E-state index < -0.39 is 12.1 Å². The molecule has 2 amide bonds. The summed E-state index contributed by atoms with van der Waals surface area (Å²) in [6.45, 7) is 3.73. The summed E-state index contributed by atoms with van der Waals surface area (Å²) in [5.41, 5.74) is 0. The molecule has 0 saturated heterocycles. The maximum atomic E-state index is 12.3. The second-order valence-electron chi connectivity index (χ2n) is 4.17. The van der Waals surface area contributed by atoms with Gasteiger partial charge in [0.1, 0.15) is 6.04 Å². The molecular weight excluding hydrogens is 232 g/mol. The highest BCUT2D eigenvalue weighted by Gasteiger charge is 2.27. The second kappa shape index (κ2) is 6.64. The van der Waals surface area contributed by atoms with E-state index in [1.54, 1.807) is 24.6 Å². The van der Waals surface area contributed by atoms with Crippen molar-refractivity contribution in [2.75, 3.05) is 7.11 Å². The number of methoxy groups -OCH3 is 1. The van der Waals surface area contributed by atoms with Gasteiger partial charge in [0.05, 0.1) is 7.11 Å². The fourth-order valence-corrected chi connectivity index (χ4v) is 1.47. The molecule has 1 N–H and O–H groups in total. The maximum Gasteiger partial charge on any atom is 0.407 e. The van der Waals surface area contributed by atoms with Crippen LogP contribution in [0.25, 0.3) is 0 Å².